The van der Waals surface area contributed by atoms with E-state index in [0.717, 1.165) is 0 Å². The largest absolute Gasteiger partial charge is 0.300 e. The van der Waals surface area contributed by atoms with Crippen LogP contribution in [0.15, 0.2) is 0 Å². The van der Waals surface area contributed by atoms with E-state index in [-0.39, 0.29) is 69.6 Å². The number of Topliss-reactive ketones (excluding diaryl/α,β-unsaturated/α-hetero) is 2. The molecular formula is C5H8FO2Yb. The second-order valence-corrected chi connectivity index (χ2v) is 1.58. The van der Waals surface area contributed by atoms with E-state index in [1.165, 1.54) is 13.8 Å². The van der Waals surface area contributed by atoms with E-state index in [2.05, 4.69) is 0 Å². The first-order valence-corrected chi connectivity index (χ1v) is 2.12. The van der Waals surface area contributed by atoms with Crippen LogP contribution in [0.3, 0.4) is 0 Å². The SMILES string of the molecule is CC(=O)CC(C)=O.[F].[Yb]. The Morgan fingerprint density at radius 1 is 1.11 bits per heavy atom. The van der Waals surface area contributed by atoms with E-state index >= 15 is 0 Å². The van der Waals surface area contributed by atoms with Gasteiger partial charge in [-0.3, -0.25) is 9.59 Å². The third kappa shape index (κ3) is 17.7. The zero-order valence-corrected chi connectivity index (χ0v) is 6.88. The first-order chi connectivity index (χ1) is 3.13. The fourth-order valence-electron chi connectivity index (χ4n) is 0.351. The van der Waals surface area contributed by atoms with Crippen molar-refractivity contribution in [2.45, 2.75) is 20.3 Å². The molecule has 9 heavy (non-hydrogen) atoms. The van der Waals surface area contributed by atoms with Gasteiger partial charge in [0.2, 0.25) is 0 Å². The van der Waals surface area contributed by atoms with Crippen LogP contribution in [0.25, 0.3) is 0 Å². The molecular weight excluding hydrogens is 284 g/mol. The van der Waals surface area contributed by atoms with Crippen LogP contribution in [0.5, 0.6) is 0 Å². The second kappa shape index (κ2) is 8.79. The predicted molar refractivity (Wildman–Crippen MR) is 27.1 cm³/mol. The molecule has 0 amide bonds. The number of carbonyl (C=O) groups is 2. The van der Waals surface area contributed by atoms with E-state index in [4.69, 9.17) is 0 Å². The van der Waals surface area contributed by atoms with Gasteiger partial charge in [-0.2, -0.15) is 0 Å². The summed E-state index contributed by atoms with van der Waals surface area (Å²) in [6.45, 7) is 2.81. The molecule has 0 N–H and O–H groups in total. The molecule has 0 heterocycles. The van der Waals surface area contributed by atoms with Crippen LogP contribution < -0.4 is 0 Å². The number of rotatable bonds is 2. The Bertz CT molecular complexity index is 91.1. The molecule has 0 fully saturated rings. The average molecular weight is 292 g/mol. The molecule has 0 aromatic carbocycles. The van der Waals surface area contributed by atoms with Crippen LogP contribution in [0, 0.1) is 46.9 Å². The van der Waals surface area contributed by atoms with Gasteiger partial charge in [-0.1, -0.05) is 0 Å². The summed E-state index contributed by atoms with van der Waals surface area (Å²) in [4.78, 5) is 20.1. The van der Waals surface area contributed by atoms with Crippen LogP contribution >= 0.6 is 0 Å². The Labute approximate surface area is 92.0 Å². The number of ketones is 2. The number of hydrogen-bond donors (Lipinski definition) is 0. The Hall–Kier alpha value is 0.789. The molecule has 0 aliphatic heterocycles. The quantitative estimate of drug-likeness (QED) is 0.711. The van der Waals surface area contributed by atoms with Crippen LogP contribution in [-0.2, 0) is 9.59 Å². The smallest absolute Gasteiger partial charge is 0.137 e. The van der Waals surface area contributed by atoms with Crippen molar-refractivity contribution < 1.29 is 61.2 Å². The molecule has 0 rings (SSSR count). The van der Waals surface area contributed by atoms with Gasteiger partial charge < -0.3 is 0 Å². The van der Waals surface area contributed by atoms with Gasteiger partial charge in [-0.05, 0) is 13.8 Å². The molecule has 0 atom stereocenters. The Morgan fingerprint density at radius 2 is 1.33 bits per heavy atom. The molecule has 0 aromatic rings. The number of hydrogen-bond acceptors (Lipinski definition) is 2. The van der Waals surface area contributed by atoms with Gasteiger partial charge in [0.25, 0.3) is 0 Å². The van der Waals surface area contributed by atoms with Gasteiger partial charge in [0, 0.05) is 51.6 Å². The molecule has 0 spiro atoms. The van der Waals surface area contributed by atoms with Crippen LogP contribution in [0.1, 0.15) is 20.3 Å². The van der Waals surface area contributed by atoms with Crippen molar-refractivity contribution in [1.82, 2.24) is 0 Å². The van der Waals surface area contributed by atoms with Crippen LogP contribution in [-0.4, -0.2) is 11.6 Å². The minimum absolute atomic E-state index is 0. The van der Waals surface area contributed by atoms with E-state index < -0.39 is 0 Å². The van der Waals surface area contributed by atoms with Crippen LogP contribution in [0.2, 0.25) is 0 Å². The molecule has 4 heteroatoms. The molecule has 2 nitrogen and oxygen atoms in total. The summed E-state index contributed by atoms with van der Waals surface area (Å²) in [5.41, 5.74) is 0. The van der Waals surface area contributed by atoms with Crippen molar-refractivity contribution in [2.24, 2.45) is 0 Å². The Balaban J connectivity index is -0.000000180. The van der Waals surface area contributed by atoms with Crippen molar-refractivity contribution in [1.29, 1.82) is 0 Å². The summed E-state index contributed by atoms with van der Waals surface area (Å²) < 4.78 is 0. The number of halogens is 1. The first kappa shape index (κ1) is 16.4. The fraction of sp³-hybridized carbons (Fsp3) is 0.600. The van der Waals surface area contributed by atoms with Gasteiger partial charge in [0.1, 0.15) is 11.6 Å². The summed E-state index contributed by atoms with van der Waals surface area (Å²) in [6, 6.07) is 0. The minimum atomic E-state index is -0.0625. The van der Waals surface area contributed by atoms with E-state index in [0.29, 0.717) is 0 Å². The summed E-state index contributed by atoms with van der Waals surface area (Å²) >= 11 is 0. The van der Waals surface area contributed by atoms with Gasteiger partial charge in [0.15, 0.2) is 0 Å². The zero-order valence-electron chi connectivity index (χ0n) is 5.17. The molecule has 61 valence electrons. The van der Waals surface area contributed by atoms with Crippen molar-refractivity contribution in [3.63, 3.8) is 0 Å². The van der Waals surface area contributed by atoms with Gasteiger partial charge in [0.05, 0.1) is 6.42 Å². The first-order valence-electron chi connectivity index (χ1n) is 2.12. The van der Waals surface area contributed by atoms with E-state index in [1.54, 1.807) is 0 Å². The average Bonchev–Trinajstić information content (AvgIpc) is 1.27. The summed E-state index contributed by atoms with van der Waals surface area (Å²) in [7, 11) is 0. The minimum Gasteiger partial charge on any atom is -0.300 e. The molecule has 0 aliphatic rings. The molecule has 1 radical (unpaired) electrons. The summed E-state index contributed by atoms with van der Waals surface area (Å²) in [5.74, 6) is -0.125. The summed E-state index contributed by atoms with van der Waals surface area (Å²) in [5, 5.41) is 0. The molecule has 0 aromatic heterocycles. The van der Waals surface area contributed by atoms with E-state index in [9.17, 15) is 9.59 Å². The third-order valence-corrected chi connectivity index (χ3v) is 0.498. The van der Waals surface area contributed by atoms with Crippen molar-refractivity contribution in [2.75, 3.05) is 0 Å². The predicted octanol–water partition coefficient (Wildman–Crippen LogP) is 0.975. The molecule has 0 unspecified atom stereocenters. The standard InChI is InChI=1S/C5H8O2.F.Yb/c1-4(6)3-5(2)7;;/h3H2,1-2H3;;. The topological polar surface area (TPSA) is 34.1 Å². The monoisotopic (exact) mass is 293 g/mol. The van der Waals surface area contributed by atoms with E-state index in [1.807, 2.05) is 0 Å². The van der Waals surface area contributed by atoms with Crippen molar-refractivity contribution >= 4 is 11.6 Å². The molecule has 0 saturated carbocycles. The zero-order chi connectivity index (χ0) is 5.86. The third-order valence-electron chi connectivity index (χ3n) is 0.498. The summed E-state index contributed by atoms with van der Waals surface area (Å²) in [6.07, 6.45) is 0.0833. The van der Waals surface area contributed by atoms with Gasteiger partial charge in [-0.15, -0.1) is 0 Å². The maximum atomic E-state index is 10.0. The van der Waals surface area contributed by atoms with Gasteiger partial charge in [-0.25, -0.2) is 0 Å². The maximum absolute atomic E-state index is 10.0. The molecule has 0 bridgehead atoms. The van der Waals surface area contributed by atoms with Crippen molar-refractivity contribution in [3.8, 4) is 0 Å². The van der Waals surface area contributed by atoms with Crippen LogP contribution in [0.4, 0.5) is 4.70 Å². The fourth-order valence-corrected chi connectivity index (χ4v) is 0.351. The Kier molecular flexibility index (Phi) is 16.0. The second-order valence-electron chi connectivity index (χ2n) is 1.58. The number of carbonyl (C=O) groups excluding carboxylic acids is 2. The molecule has 0 aliphatic carbocycles. The van der Waals surface area contributed by atoms with Gasteiger partial charge >= 0.3 is 0 Å². The maximum Gasteiger partial charge on any atom is 0.137 e. The normalized spacial score (nSPS) is 6.44. The Morgan fingerprint density at radius 3 is 1.33 bits per heavy atom. The molecule has 0 saturated heterocycles. The van der Waals surface area contributed by atoms with Crippen molar-refractivity contribution in [3.05, 3.63) is 0 Å².